The highest BCUT2D eigenvalue weighted by atomic mass is 32.2. The van der Waals surface area contributed by atoms with Crippen molar-refractivity contribution >= 4 is 35.5 Å². The highest BCUT2D eigenvalue weighted by molar-refractivity contribution is 7.98. The molecule has 0 radical (unpaired) electrons. The van der Waals surface area contributed by atoms with Crippen molar-refractivity contribution in [2.75, 3.05) is 12.0 Å². The number of nitrogens with two attached hydrogens (primary N) is 1. The van der Waals surface area contributed by atoms with Crippen LogP contribution in [0.3, 0.4) is 0 Å². The van der Waals surface area contributed by atoms with Crippen LogP contribution in [0.2, 0.25) is 0 Å². The van der Waals surface area contributed by atoms with E-state index in [9.17, 15) is 29.4 Å². The van der Waals surface area contributed by atoms with Gasteiger partial charge < -0.3 is 31.9 Å². The third kappa shape index (κ3) is 12.3. The van der Waals surface area contributed by atoms with Crippen LogP contribution in [0, 0.1) is 11.8 Å². The van der Waals surface area contributed by atoms with E-state index in [1.165, 1.54) is 23.9 Å². The maximum atomic E-state index is 13.2. The molecule has 1 aromatic rings. The monoisotopic (exact) mass is 538 g/mol. The number of carboxylic acids is 1. The maximum absolute atomic E-state index is 13.2. The summed E-state index contributed by atoms with van der Waals surface area (Å²) in [5, 5.41) is 26.9. The Kier molecular flexibility index (Phi) is 14.1. The van der Waals surface area contributed by atoms with Gasteiger partial charge in [0, 0.05) is 0 Å². The third-order valence-electron chi connectivity index (χ3n) is 5.63. The minimum absolute atomic E-state index is 0.0439. The molecule has 0 aliphatic rings. The number of aromatic hydroxyl groups is 1. The Morgan fingerprint density at radius 1 is 0.838 bits per heavy atom. The van der Waals surface area contributed by atoms with Gasteiger partial charge in [-0.3, -0.25) is 14.4 Å². The van der Waals surface area contributed by atoms with Crippen LogP contribution in [0.15, 0.2) is 24.3 Å². The van der Waals surface area contributed by atoms with Gasteiger partial charge in [0.2, 0.25) is 17.7 Å². The smallest absolute Gasteiger partial charge is 0.326 e. The molecule has 0 fully saturated rings. The van der Waals surface area contributed by atoms with Crippen molar-refractivity contribution in [2.24, 2.45) is 17.6 Å². The number of aliphatic carboxylic acids is 1. The molecule has 1 aromatic carbocycles. The summed E-state index contributed by atoms with van der Waals surface area (Å²) in [6.07, 6.45) is 2.95. The molecule has 0 saturated carbocycles. The predicted octanol–water partition coefficient (Wildman–Crippen LogP) is 1.65. The largest absolute Gasteiger partial charge is 0.508 e. The van der Waals surface area contributed by atoms with Gasteiger partial charge in [-0.15, -0.1) is 0 Å². The SMILES string of the molecule is CSCCC(NC(=O)C(CC(C)C)NC(=O)C(CC(C)C)NC(=O)C(N)Cc1ccc(O)cc1)C(=O)O. The molecule has 0 bridgehead atoms. The molecule has 208 valence electrons. The highest BCUT2D eigenvalue weighted by Crippen LogP contribution is 2.13. The summed E-state index contributed by atoms with van der Waals surface area (Å²) < 4.78 is 0. The number of thioether (sulfide) groups is 1. The molecule has 0 aliphatic heterocycles. The van der Waals surface area contributed by atoms with Crippen molar-refractivity contribution in [2.45, 2.75) is 77.5 Å². The lowest BCUT2D eigenvalue weighted by Crippen LogP contribution is -2.57. The van der Waals surface area contributed by atoms with Crippen LogP contribution in [0.1, 0.15) is 52.5 Å². The molecule has 0 heterocycles. The topological polar surface area (TPSA) is 171 Å². The zero-order valence-corrected chi connectivity index (χ0v) is 23.1. The number of phenolic OH excluding ortho intramolecular Hbond substituents is 1. The standard InChI is InChI=1S/C26H42N4O6S/c1-15(2)12-21(29-23(32)19(27)14-17-6-8-18(31)9-7-17)25(34)30-22(13-16(3)4)24(33)28-20(26(35)36)10-11-37-5/h6-9,15-16,19-22,31H,10-14,27H2,1-5H3,(H,28,33)(H,29,32)(H,30,34)(H,35,36). The number of carboxylic acid groups (broad SMARTS) is 1. The van der Waals surface area contributed by atoms with E-state index in [2.05, 4.69) is 16.0 Å². The molecule has 0 aromatic heterocycles. The molecule has 11 heteroatoms. The van der Waals surface area contributed by atoms with E-state index < -0.39 is 47.9 Å². The number of hydrogen-bond acceptors (Lipinski definition) is 7. The Morgan fingerprint density at radius 3 is 1.73 bits per heavy atom. The molecule has 3 amide bonds. The molecule has 4 unspecified atom stereocenters. The Balaban J connectivity index is 2.95. The number of phenols is 1. The maximum Gasteiger partial charge on any atom is 0.326 e. The van der Waals surface area contributed by atoms with E-state index in [1.54, 1.807) is 12.1 Å². The number of hydrogen-bond donors (Lipinski definition) is 6. The van der Waals surface area contributed by atoms with Crippen LogP contribution < -0.4 is 21.7 Å². The Hall–Kier alpha value is -2.79. The van der Waals surface area contributed by atoms with Gasteiger partial charge >= 0.3 is 5.97 Å². The second-order valence-electron chi connectivity index (χ2n) is 10.0. The van der Waals surface area contributed by atoms with Crippen LogP contribution in [0.4, 0.5) is 0 Å². The van der Waals surface area contributed by atoms with E-state index in [-0.39, 0.29) is 30.4 Å². The van der Waals surface area contributed by atoms with Gasteiger partial charge in [-0.25, -0.2) is 4.79 Å². The molecule has 0 aliphatic carbocycles. The number of rotatable bonds is 16. The second kappa shape index (κ2) is 16.1. The Labute approximate surface area is 223 Å². The molecule has 37 heavy (non-hydrogen) atoms. The normalized spacial score (nSPS) is 14.5. The average Bonchev–Trinajstić information content (AvgIpc) is 2.81. The van der Waals surface area contributed by atoms with Gasteiger partial charge in [-0.05, 0) is 67.2 Å². The summed E-state index contributed by atoms with van der Waals surface area (Å²) in [6, 6.07) is 2.48. The number of benzene rings is 1. The lowest BCUT2D eigenvalue weighted by atomic mass is 9.99. The van der Waals surface area contributed by atoms with Crippen molar-refractivity contribution in [3.63, 3.8) is 0 Å². The van der Waals surface area contributed by atoms with Crippen molar-refractivity contribution < 1.29 is 29.4 Å². The van der Waals surface area contributed by atoms with Gasteiger partial charge in [-0.1, -0.05) is 39.8 Å². The average molecular weight is 539 g/mol. The molecular formula is C26H42N4O6S. The number of carbonyl (C=O) groups is 4. The van der Waals surface area contributed by atoms with E-state index >= 15 is 0 Å². The Bertz CT molecular complexity index is 894. The van der Waals surface area contributed by atoms with E-state index in [0.29, 0.717) is 18.6 Å². The van der Waals surface area contributed by atoms with Gasteiger partial charge in [-0.2, -0.15) is 11.8 Å². The van der Waals surface area contributed by atoms with Gasteiger partial charge in [0.05, 0.1) is 6.04 Å². The molecule has 0 spiro atoms. The minimum Gasteiger partial charge on any atom is -0.508 e. The lowest BCUT2D eigenvalue weighted by molar-refractivity contribution is -0.142. The molecule has 7 N–H and O–H groups in total. The fourth-order valence-corrected chi connectivity index (χ4v) is 4.17. The van der Waals surface area contributed by atoms with Crippen molar-refractivity contribution in [3.8, 4) is 5.75 Å². The van der Waals surface area contributed by atoms with E-state index in [1.807, 2.05) is 34.0 Å². The summed E-state index contributed by atoms with van der Waals surface area (Å²) in [7, 11) is 0. The van der Waals surface area contributed by atoms with Gasteiger partial charge in [0.1, 0.15) is 23.9 Å². The van der Waals surface area contributed by atoms with Crippen molar-refractivity contribution in [1.29, 1.82) is 0 Å². The minimum atomic E-state index is -1.13. The summed E-state index contributed by atoms with van der Waals surface area (Å²) in [5.41, 5.74) is 6.84. The number of amides is 3. The zero-order valence-electron chi connectivity index (χ0n) is 22.3. The van der Waals surface area contributed by atoms with Crippen LogP contribution in [-0.2, 0) is 25.6 Å². The quantitative estimate of drug-likeness (QED) is 0.184. The summed E-state index contributed by atoms with van der Waals surface area (Å²) in [5.74, 6) is -1.98. The molecular weight excluding hydrogens is 496 g/mol. The molecule has 10 nitrogen and oxygen atoms in total. The fourth-order valence-electron chi connectivity index (χ4n) is 3.70. The zero-order chi connectivity index (χ0) is 28.1. The van der Waals surface area contributed by atoms with Crippen LogP contribution in [0.25, 0.3) is 0 Å². The second-order valence-corrected chi connectivity index (χ2v) is 11.0. The summed E-state index contributed by atoms with van der Waals surface area (Å²) in [6.45, 7) is 7.60. The van der Waals surface area contributed by atoms with Crippen molar-refractivity contribution in [1.82, 2.24) is 16.0 Å². The molecule has 0 saturated heterocycles. The summed E-state index contributed by atoms with van der Waals surface area (Å²) >= 11 is 1.48. The third-order valence-corrected chi connectivity index (χ3v) is 6.28. The van der Waals surface area contributed by atoms with Crippen LogP contribution >= 0.6 is 11.8 Å². The first-order valence-electron chi connectivity index (χ1n) is 12.5. The lowest BCUT2D eigenvalue weighted by Gasteiger charge is -2.27. The van der Waals surface area contributed by atoms with E-state index in [4.69, 9.17) is 5.73 Å². The predicted molar refractivity (Wildman–Crippen MR) is 145 cm³/mol. The van der Waals surface area contributed by atoms with Crippen LogP contribution in [0.5, 0.6) is 5.75 Å². The fraction of sp³-hybridized carbons (Fsp3) is 0.615. The molecule has 4 atom stereocenters. The van der Waals surface area contributed by atoms with Crippen molar-refractivity contribution in [3.05, 3.63) is 29.8 Å². The van der Waals surface area contributed by atoms with Crippen LogP contribution in [-0.4, -0.2) is 70.1 Å². The first-order chi connectivity index (χ1) is 17.3. The van der Waals surface area contributed by atoms with Gasteiger partial charge in [0.25, 0.3) is 0 Å². The highest BCUT2D eigenvalue weighted by Gasteiger charge is 2.31. The van der Waals surface area contributed by atoms with E-state index in [0.717, 1.165) is 5.56 Å². The summed E-state index contributed by atoms with van der Waals surface area (Å²) in [4.78, 5) is 50.6. The van der Waals surface area contributed by atoms with Gasteiger partial charge in [0.15, 0.2) is 0 Å². The Morgan fingerprint density at radius 2 is 1.30 bits per heavy atom. The first kappa shape index (κ1) is 32.2. The molecule has 1 rings (SSSR count). The first-order valence-corrected chi connectivity index (χ1v) is 13.9. The number of carbonyl (C=O) groups excluding carboxylic acids is 3. The number of nitrogens with one attached hydrogen (secondary N) is 3.